The van der Waals surface area contributed by atoms with Crippen LogP contribution in [0, 0.1) is 0 Å². The predicted molar refractivity (Wildman–Crippen MR) is 66.1 cm³/mol. The Morgan fingerprint density at radius 2 is 2.11 bits per heavy atom. The second-order valence-electron chi connectivity index (χ2n) is 4.36. The van der Waals surface area contributed by atoms with Crippen LogP contribution in [0.1, 0.15) is 33.1 Å². The molecule has 2 atom stereocenters. The standard InChI is InChI=1S/C11H19F3N2OS/c1-3-4-5-9-10(17)16(8(2)15-9)6-7-18-11(12,13)14/h8-9,15H,3-7H2,1-2H3. The van der Waals surface area contributed by atoms with Crippen LogP contribution >= 0.6 is 11.8 Å². The van der Waals surface area contributed by atoms with E-state index in [0.717, 1.165) is 19.3 Å². The summed E-state index contributed by atoms with van der Waals surface area (Å²) < 4.78 is 36.0. The van der Waals surface area contributed by atoms with Crippen LogP contribution in [0.3, 0.4) is 0 Å². The number of thioether (sulfide) groups is 1. The van der Waals surface area contributed by atoms with Crippen LogP contribution in [0.2, 0.25) is 0 Å². The Hall–Kier alpha value is -0.430. The predicted octanol–water partition coefficient (Wildman–Crippen LogP) is 2.58. The molecule has 0 aromatic rings. The van der Waals surface area contributed by atoms with Crippen molar-refractivity contribution < 1.29 is 18.0 Å². The van der Waals surface area contributed by atoms with Gasteiger partial charge in [0, 0.05) is 12.3 Å². The Kier molecular flexibility index (Phi) is 5.78. The highest BCUT2D eigenvalue weighted by molar-refractivity contribution is 8.00. The van der Waals surface area contributed by atoms with Crippen molar-refractivity contribution in [1.29, 1.82) is 0 Å². The fraction of sp³-hybridized carbons (Fsp3) is 0.909. The van der Waals surface area contributed by atoms with Gasteiger partial charge in [0.1, 0.15) is 0 Å². The molecule has 0 aromatic carbocycles. The van der Waals surface area contributed by atoms with E-state index in [2.05, 4.69) is 5.32 Å². The fourth-order valence-corrected chi connectivity index (χ4v) is 2.54. The first kappa shape index (κ1) is 15.6. The van der Waals surface area contributed by atoms with Crippen LogP contribution in [0.25, 0.3) is 0 Å². The van der Waals surface area contributed by atoms with Gasteiger partial charge < -0.3 is 4.90 Å². The Labute approximate surface area is 109 Å². The van der Waals surface area contributed by atoms with Crippen molar-refractivity contribution >= 4 is 17.7 Å². The van der Waals surface area contributed by atoms with Gasteiger partial charge in [0.25, 0.3) is 0 Å². The van der Waals surface area contributed by atoms with Gasteiger partial charge in [-0.05, 0) is 25.1 Å². The number of halogens is 3. The molecule has 1 aliphatic heterocycles. The van der Waals surface area contributed by atoms with Gasteiger partial charge in [-0.2, -0.15) is 13.2 Å². The van der Waals surface area contributed by atoms with Gasteiger partial charge in [-0.1, -0.05) is 19.8 Å². The molecule has 7 heteroatoms. The summed E-state index contributed by atoms with van der Waals surface area (Å²) in [5.74, 6) is -0.180. The lowest BCUT2D eigenvalue weighted by atomic mass is 10.1. The van der Waals surface area contributed by atoms with Crippen LogP contribution in [0.4, 0.5) is 13.2 Å². The maximum absolute atomic E-state index is 12.0. The number of hydrogen-bond donors (Lipinski definition) is 1. The number of nitrogens with one attached hydrogen (secondary N) is 1. The lowest BCUT2D eigenvalue weighted by Crippen LogP contribution is -2.36. The maximum atomic E-state index is 12.0. The monoisotopic (exact) mass is 284 g/mol. The highest BCUT2D eigenvalue weighted by Crippen LogP contribution is 2.30. The molecule has 0 bridgehead atoms. The molecule has 2 unspecified atom stereocenters. The van der Waals surface area contributed by atoms with Crippen LogP contribution < -0.4 is 5.32 Å². The summed E-state index contributed by atoms with van der Waals surface area (Å²) in [4.78, 5) is 13.4. The van der Waals surface area contributed by atoms with E-state index in [9.17, 15) is 18.0 Å². The highest BCUT2D eigenvalue weighted by atomic mass is 32.2. The molecule has 18 heavy (non-hydrogen) atoms. The molecular weight excluding hydrogens is 265 g/mol. The van der Waals surface area contributed by atoms with Crippen molar-refractivity contribution in [2.24, 2.45) is 0 Å². The Balaban J connectivity index is 2.39. The van der Waals surface area contributed by atoms with E-state index in [4.69, 9.17) is 0 Å². The Bertz CT molecular complexity index is 286. The molecule has 106 valence electrons. The van der Waals surface area contributed by atoms with Crippen molar-refractivity contribution in [3.8, 4) is 0 Å². The van der Waals surface area contributed by atoms with E-state index in [1.54, 1.807) is 0 Å². The Morgan fingerprint density at radius 3 is 2.67 bits per heavy atom. The summed E-state index contributed by atoms with van der Waals surface area (Å²) in [5, 5.41) is 3.12. The summed E-state index contributed by atoms with van der Waals surface area (Å²) in [6.07, 6.45) is 2.53. The average molecular weight is 284 g/mol. The quantitative estimate of drug-likeness (QED) is 0.813. The van der Waals surface area contributed by atoms with Crippen LogP contribution in [0.5, 0.6) is 0 Å². The lowest BCUT2D eigenvalue weighted by Gasteiger charge is -2.20. The molecule has 1 N–H and O–H groups in total. The molecule has 0 spiro atoms. The molecule has 1 heterocycles. The maximum Gasteiger partial charge on any atom is 0.441 e. The molecule has 3 nitrogen and oxygen atoms in total. The number of rotatable bonds is 6. The van der Waals surface area contributed by atoms with Gasteiger partial charge in [-0.25, -0.2) is 0 Å². The number of unbranched alkanes of at least 4 members (excludes halogenated alkanes) is 1. The first-order valence-electron chi connectivity index (χ1n) is 6.12. The molecule has 1 saturated heterocycles. The zero-order valence-electron chi connectivity index (χ0n) is 10.6. The SMILES string of the molecule is CCCCC1NC(C)N(CCSC(F)(F)F)C1=O. The third-order valence-electron chi connectivity index (χ3n) is 2.94. The van der Waals surface area contributed by atoms with Gasteiger partial charge >= 0.3 is 5.51 Å². The number of carbonyl (C=O) groups is 1. The van der Waals surface area contributed by atoms with E-state index in [0.29, 0.717) is 0 Å². The lowest BCUT2D eigenvalue weighted by molar-refractivity contribution is -0.129. The smallest absolute Gasteiger partial charge is 0.325 e. The average Bonchev–Trinajstić information content (AvgIpc) is 2.52. The molecular formula is C11H19F3N2OS. The second kappa shape index (κ2) is 6.65. The van der Waals surface area contributed by atoms with Crippen molar-refractivity contribution in [1.82, 2.24) is 10.2 Å². The first-order valence-corrected chi connectivity index (χ1v) is 7.11. The van der Waals surface area contributed by atoms with Gasteiger partial charge in [-0.15, -0.1) is 0 Å². The fourth-order valence-electron chi connectivity index (χ4n) is 2.02. The van der Waals surface area contributed by atoms with E-state index in [-0.39, 0.29) is 42.2 Å². The number of amides is 1. The molecule has 1 amide bonds. The normalized spacial score (nSPS) is 24.9. The molecule has 0 saturated carbocycles. The van der Waals surface area contributed by atoms with Crippen molar-refractivity contribution in [2.45, 2.75) is 50.8 Å². The van der Waals surface area contributed by atoms with Gasteiger partial charge in [-0.3, -0.25) is 10.1 Å². The first-order chi connectivity index (χ1) is 8.35. The molecule has 1 aliphatic rings. The number of carbonyl (C=O) groups excluding carboxylic acids is 1. The number of alkyl halides is 3. The van der Waals surface area contributed by atoms with Gasteiger partial charge in [0.2, 0.25) is 5.91 Å². The number of nitrogens with zero attached hydrogens (tertiary/aromatic N) is 1. The zero-order valence-corrected chi connectivity index (χ0v) is 11.4. The van der Waals surface area contributed by atoms with Crippen LogP contribution in [-0.2, 0) is 4.79 Å². The van der Waals surface area contributed by atoms with E-state index < -0.39 is 5.51 Å². The molecule has 0 aliphatic carbocycles. The molecule has 1 fully saturated rings. The minimum atomic E-state index is -4.22. The van der Waals surface area contributed by atoms with Crippen LogP contribution in [0.15, 0.2) is 0 Å². The summed E-state index contributed by atoms with van der Waals surface area (Å²) in [6.45, 7) is 3.99. The summed E-state index contributed by atoms with van der Waals surface area (Å²) in [5.41, 5.74) is -4.22. The Morgan fingerprint density at radius 1 is 1.44 bits per heavy atom. The second-order valence-corrected chi connectivity index (χ2v) is 5.52. The van der Waals surface area contributed by atoms with E-state index >= 15 is 0 Å². The minimum Gasteiger partial charge on any atom is -0.325 e. The number of hydrogen-bond acceptors (Lipinski definition) is 3. The van der Waals surface area contributed by atoms with Crippen molar-refractivity contribution in [3.05, 3.63) is 0 Å². The minimum absolute atomic E-state index is 0.0706. The van der Waals surface area contributed by atoms with E-state index in [1.165, 1.54) is 4.90 Å². The van der Waals surface area contributed by atoms with Gasteiger partial charge in [0.15, 0.2) is 0 Å². The van der Waals surface area contributed by atoms with Crippen molar-refractivity contribution in [3.63, 3.8) is 0 Å². The third kappa shape index (κ3) is 4.68. The summed E-state index contributed by atoms with van der Waals surface area (Å²) in [6, 6.07) is -0.226. The van der Waals surface area contributed by atoms with Crippen molar-refractivity contribution in [2.75, 3.05) is 12.3 Å². The largest absolute Gasteiger partial charge is 0.441 e. The summed E-state index contributed by atoms with van der Waals surface area (Å²) in [7, 11) is 0. The summed E-state index contributed by atoms with van der Waals surface area (Å²) >= 11 is -0.0781. The molecule has 1 rings (SSSR count). The topological polar surface area (TPSA) is 32.3 Å². The van der Waals surface area contributed by atoms with Gasteiger partial charge in [0.05, 0.1) is 12.2 Å². The zero-order chi connectivity index (χ0) is 13.8. The van der Waals surface area contributed by atoms with Crippen LogP contribution in [-0.4, -0.2) is 40.8 Å². The third-order valence-corrected chi connectivity index (χ3v) is 3.65. The molecule has 0 aromatic heterocycles. The molecule has 0 radical (unpaired) electrons. The highest BCUT2D eigenvalue weighted by Gasteiger charge is 2.36. The van der Waals surface area contributed by atoms with E-state index in [1.807, 2.05) is 13.8 Å².